The van der Waals surface area contributed by atoms with Gasteiger partial charge in [-0.3, -0.25) is 0 Å². The molecule has 0 amide bonds. The van der Waals surface area contributed by atoms with Gasteiger partial charge in [0.05, 0.1) is 18.1 Å². The first-order valence-electron chi connectivity index (χ1n) is 10.2. The molecule has 1 fully saturated rings. The van der Waals surface area contributed by atoms with Crippen molar-refractivity contribution in [3.05, 3.63) is 71.6 Å². The van der Waals surface area contributed by atoms with E-state index < -0.39 is 10.0 Å². The number of aryl methyl sites for hydroxylation is 1. The smallest absolute Gasteiger partial charge is 0.269 e. The van der Waals surface area contributed by atoms with Crippen molar-refractivity contribution in [2.75, 3.05) is 31.2 Å². The largest absolute Gasteiger partial charge is 0.378 e. The molecule has 1 aromatic carbocycles. The van der Waals surface area contributed by atoms with Crippen molar-refractivity contribution in [3.8, 4) is 11.1 Å². The number of rotatable bonds is 4. The first kappa shape index (κ1) is 20.9. The van der Waals surface area contributed by atoms with Crippen LogP contribution < -0.4 is 4.90 Å². The van der Waals surface area contributed by atoms with Crippen molar-refractivity contribution in [2.45, 2.75) is 11.8 Å². The van der Waals surface area contributed by atoms with E-state index in [4.69, 9.17) is 16.3 Å². The topological polar surface area (TPSA) is 77.3 Å². The van der Waals surface area contributed by atoms with Crippen LogP contribution in [0, 0.1) is 6.92 Å². The molecular formula is C23H21ClN4O3S. The lowest BCUT2D eigenvalue weighted by atomic mass is 10.0. The fraction of sp³-hybridized carbons (Fsp3) is 0.217. The van der Waals surface area contributed by atoms with Gasteiger partial charge in [-0.1, -0.05) is 29.8 Å². The molecule has 1 aliphatic rings. The third-order valence-corrected chi connectivity index (χ3v) is 7.55. The van der Waals surface area contributed by atoms with Crippen molar-refractivity contribution < 1.29 is 13.2 Å². The minimum absolute atomic E-state index is 0.217. The zero-order chi connectivity index (χ0) is 22.3. The maximum absolute atomic E-state index is 13.4. The van der Waals surface area contributed by atoms with Crippen LogP contribution in [0.2, 0.25) is 5.15 Å². The summed E-state index contributed by atoms with van der Waals surface area (Å²) in [6.07, 6.45) is 1.62. The lowest BCUT2D eigenvalue weighted by Crippen LogP contribution is -2.36. The monoisotopic (exact) mass is 468 g/mol. The van der Waals surface area contributed by atoms with Gasteiger partial charge in [-0.05, 0) is 54.4 Å². The first-order valence-corrected chi connectivity index (χ1v) is 12.1. The Balaban J connectivity index is 1.67. The van der Waals surface area contributed by atoms with E-state index in [2.05, 4.69) is 14.9 Å². The molecule has 4 aromatic rings. The SMILES string of the molecule is Cc1cc2c(-c3cc(Cl)nc(N4CCOCC4)c3)ccnc2n1S(=O)(=O)c1ccccc1. The number of pyridine rings is 2. The molecule has 0 unspecified atom stereocenters. The molecule has 7 nitrogen and oxygen atoms in total. The molecule has 0 bridgehead atoms. The van der Waals surface area contributed by atoms with Crippen molar-refractivity contribution in [3.63, 3.8) is 0 Å². The average Bonchev–Trinajstić information content (AvgIpc) is 3.16. The number of hydrogen-bond donors (Lipinski definition) is 0. The summed E-state index contributed by atoms with van der Waals surface area (Å²) in [4.78, 5) is 11.3. The molecule has 1 aliphatic heterocycles. The van der Waals surface area contributed by atoms with Crippen LogP contribution in [-0.2, 0) is 14.8 Å². The summed E-state index contributed by atoms with van der Waals surface area (Å²) in [5.41, 5.74) is 2.66. The number of aromatic nitrogens is 3. The third kappa shape index (κ3) is 3.64. The fourth-order valence-electron chi connectivity index (χ4n) is 4.05. The van der Waals surface area contributed by atoms with Gasteiger partial charge in [-0.25, -0.2) is 22.4 Å². The van der Waals surface area contributed by atoms with Crippen molar-refractivity contribution in [1.29, 1.82) is 0 Å². The predicted molar refractivity (Wildman–Crippen MR) is 125 cm³/mol. The van der Waals surface area contributed by atoms with E-state index >= 15 is 0 Å². The summed E-state index contributed by atoms with van der Waals surface area (Å²) < 4.78 is 33.5. The van der Waals surface area contributed by atoms with Gasteiger partial charge in [0.2, 0.25) is 0 Å². The van der Waals surface area contributed by atoms with Crippen LogP contribution in [0.4, 0.5) is 5.82 Å². The summed E-state index contributed by atoms with van der Waals surface area (Å²) in [6, 6.07) is 15.9. The molecule has 4 heterocycles. The minimum Gasteiger partial charge on any atom is -0.378 e. The Bertz CT molecular complexity index is 1400. The highest BCUT2D eigenvalue weighted by Gasteiger charge is 2.24. The minimum atomic E-state index is -3.79. The maximum Gasteiger partial charge on any atom is 0.269 e. The highest BCUT2D eigenvalue weighted by molar-refractivity contribution is 7.90. The highest BCUT2D eigenvalue weighted by atomic mass is 35.5. The summed E-state index contributed by atoms with van der Waals surface area (Å²) in [7, 11) is -3.79. The molecule has 0 saturated carbocycles. The number of fused-ring (bicyclic) bond motifs is 1. The van der Waals surface area contributed by atoms with Crippen LogP contribution in [0.1, 0.15) is 5.69 Å². The molecule has 32 heavy (non-hydrogen) atoms. The van der Waals surface area contributed by atoms with E-state index in [1.54, 1.807) is 49.5 Å². The van der Waals surface area contributed by atoms with Crippen LogP contribution in [0.25, 0.3) is 22.2 Å². The second-order valence-corrected chi connectivity index (χ2v) is 9.77. The number of anilines is 1. The van der Waals surface area contributed by atoms with Gasteiger partial charge in [0.25, 0.3) is 10.0 Å². The first-order chi connectivity index (χ1) is 15.4. The molecule has 0 N–H and O–H groups in total. The predicted octanol–water partition coefficient (Wildman–Crippen LogP) is 4.13. The van der Waals surface area contributed by atoms with E-state index in [1.165, 1.54) is 3.97 Å². The normalized spacial score (nSPS) is 14.8. The van der Waals surface area contributed by atoms with Gasteiger partial charge in [0, 0.05) is 30.4 Å². The lowest BCUT2D eigenvalue weighted by Gasteiger charge is -2.28. The van der Waals surface area contributed by atoms with Gasteiger partial charge in [0.15, 0.2) is 5.65 Å². The number of nitrogens with zero attached hydrogens (tertiary/aromatic N) is 4. The second-order valence-electron chi connectivity index (χ2n) is 7.60. The molecule has 0 atom stereocenters. The quantitative estimate of drug-likeness (QED) is 0.419. The zero-order valence-corrected chi connectivity index (χ0v) is 19.0. The maximum atomic E-state index is 13.4. The molecule has 0 radical (unpaired) electrons. The van der Waals surface area contributed by atoms with E-state index in [9.17, 15) is 8.42 Å². The number of halogens is 1. The highest BCUT2D eigenvalue weighted by Crippen LogP contribution is 2.34. The second kappa shape index (κ2) is 8.20. The summed E-state index contributed by atoms with van der Waals surface area (Å²) in [6.45, 7) is 4.53. The van der Waals surface area contributed by atoms with E-state index in [0.717, 1.165) is 35.4 Å². The molecule has 0 spiro atoms. The molecule has 5 rings (SSSR count). The fourth-order valence-corrected chi connectivity index (χ4v) is 5.77. The Morgan fingerprint density at radius 1 is 1.03 bits per heavy atom. The van der Waals surface area contributed by atoms with Crippen LogP contribution in [0.3, 0.4) is 0 Å². The Hall–Kier alpha value is -2.94. The van der Waals surface area contributed by atoms with Gasteiger partial charge in [0.1, 0.15) is 11.0 Å². The van der Waals surface area contributed by atoms with E-state index in [1.807, 2.05) is 18.2 Å². The standard InChI is InChI=1S/C23H21ClN4O3S/c1-16-13-20-19(17-14-21(24)26-22(15-17)27-9-11-31-12-10-27)7-8-25-23(20)28(16)32(29,30)18-5-3-2-4-6-18/h2-8,13-15H,9-12H2,1H3. The molecule has 164 valence electrons. The summed E-state index contributed by atoms with van der Waals surface area (Å²) in [5.74, 6) is 0.772. The molecule has 9 heteroatoms. The van der Waals surface area contributed by atoms with Gasteiger partial charge in [-0.2, -0.15) is 0 Å². The molecule has 0 aliphatic carbocycles. The van der Waals surface area contributed by atoms with Crippen LogP contribution in [-0.4, -0.2) is 48.7 Å². The van der Waals surface area contributed by atoms with Crippen molar-refractivity contribution in [2.24, 2.45) is 0 Å². The number of morpholine rings is 1. The zero-order valence-electron chi connectivity index (χ0n) is 17.4. The van der Waals surface area contributed by atoms with Gasteiger partial charge < -0.3 is 9.64 Å². The Morgan fingerprint density at radius 3 is 2.53 bits per heavy atom. The summed E-state index contributed by atoms with van der Waals surface area (Å²) >= 11 is 6.37. The van der Waals surface area contributed by atoms with Gasteiger partial charge >= 0.3 is 0 Å². The Kier molecular flexibility index (Phi) is 5.36. The van der Waals surface area contributed by atoms with Crippen molar-refractivity contribution in [1.82, 2.24) is 13.9 Å². The average molecular weight is 469 g/mol. The Morgan fingerprint density at radius 2 is 1.78 bits per heavy atom. The van der Waals surface area contributed by atoms with Gasteiger partial charge in [-0.15, -0.1) is 0 Å². The van der Waals surface area contributed by atoms with Crippen LogP contribution >= 0.6 is 11.6 Å². The number of ether oxygens (including phenoxy) is 1. The van der Waals surface area contributed by atoms with Crippen LogP contribution in [0.5, 0.6) is 0 Å². The van der Waals surface area contributed by atoms with E-state index in [0.29, 0.717) is 29.7 Å². The summed E-state index contributed by atoms with van der Waals surface area (Å²) in [5, 5.41) is 1.11. The molecular weight excluding hydrogens is 448 g/mol. The van der Waals surface area contributed by atoms with E-state index in [-0.39, 0.29) is 4.90 Å². The lowest BCUT2D eigenvalue weighted by molar-refractivity contribution is 0.122. The molecule has 1 saturated heterocycles. The number of hydrogen-bond acceptors (Lipinski definition) is 6. The molecule has 3 aromatic heterocycles. The third-order valence-electron chi connectivity index (χ3n) is 5.54. The number of benzene rings is 1. The Labute approximate surface area is 191 Å². The van der Waals surface area contributed by atoms with Crippen LogP contribution in [0.15, 0.2) is 65.7 Å². The van der Waals surface area contributed by atoms with Crippen molar-refractivity contribution >= 4 is 38.5 Å².